The van der Waals surface area contributed by atoms with Gasteiger partial charge in [0.05, 0.1) is 6.26 Å². The maximum absolute atomic E-state index is 13.4. The zero-order valence-corrected chi connectivity index (χ0v) is 25.8. The summed E-state index contributed by atoms with van der Waals surface area (Å²) >= 11 is 0. The Balaban J connectivity index is 0.00000353. The molecule has 0 radical (unpaired) electrons. The largest absolute Gasteiger partial charge is 2.00 e. The van der Waals surface area contributed by atoms with Crippen LogP contribution in [-0.4, -0.2) is 51.1 Å². The number of rotatable bonds is 5. The molecule has 5 heterocycles. The van der Waals surface area contributed by atoms with Crippen molar-refractivity contribution in [1.29, 1.82) is 0 Å². The standard InChI is InChI=1S/C33H32N4O4.Mg/c1-6-18-15(3)23-11-24-16(4)20(8-9-30(40)41)32(36-24)21-10-29(39)31-17(5)25(37-33(21)31)12-27-19(7-2)22(14-38)28(35-27)13-26(18)34-23;/h6,11-14,16,20,32H,1,7-10H2,2-5H3,(H,38,39)(H,40,41);/q-4;+2/b24-11+,28-13-;/t16-,20-,32?;/m0./s1. The Morgan fingerprint density at radius 3 is 2.48 bits per heavy atom. The van der Waals surface area contributed by atoms with Gasteiger partial charge in [-0.05, 0) is 49.3 Å². The molecule has 1 saturated heterocycles. The number of aliphatic carboxylic acids is 1. The van der Waals surface area contributed by atoms with E-state index in [1.807, 2.05) is 39.0 Å². The molecule has 2 aliphatic heterocycles. The summed E-state index contributed by atoms with van der Waals surface area (Å²) in [5.41, 5.74) is 7.93. The van der Waals surface area contributed by atoms with Crippen molar-refractivity contribution in [2.24, 2.45) is 11.8 Å². The van der Waals surface area contributed by atoms with Crippen LogP contribution in [0.2, 0.25) is 0 Å². The van der Waals surface area contributed by atoms with Crippen molar-refractivity contribution in [2.45, 2.75) is 59.4 Å². The predicted octanol–water partition coefficient (Wildman–Crippen LogP) is 1.92. The Hall–Kier alpha value is -3.69. The van der Waals surface area contributed by atoms with Gasteiger partial charge in [0.15, 0.2) is 5.78 Å². The van der Waals surface area contributed by atoms with Crippen molar-refractivity contribution in [3.05, 3.63) is 83.8 Å². The maximum atomic E-state index is 13.4. The molecule has 0 saturated carbocycles. The zero-order valence-electron chi connectivity index (χ0n) is 24.4. The molecule has 42 heavy (non-hydrogen) atoms. The van der Waals surface area contributed by atoms with E-state index in [-0.39, 0.29) is 59.6 Å². The third-order valence-electron chi connectivity index (χ3n) is 8.99. The quantitative estimate of drug-likeness (QED) is 0.447. The van der Waals surface area contributed by atoms with Crippen molar-refractivity contribution >= 4 is 70.9 Å². The molecule has 3 aromatic rings. The first-order chi connectivity index (χ1) is 19.7. The Labute approximate surface area is 259 Å². The van der Waals surface area contributed by atoms with Gasteiger partial charge in [0, 0.05) is 18.4 Å². The van der Waals surface area contributed by atoms with Crippen LogP contribution in [-0.2, 0) is 11.2 Å². The fourth-order valence-corrected chi connectivity index (χ4v) is 6.75. The Morgan fingerprint density at radius 1 is 1.07 bits per heavy atom. The number of ketones is 1. The molecule has 1 aliphatic carbocycles. The molecule has 1 unspecified atom stereocenters. The minimum atomic E-state index is -0.851. The van der Waals surface area contributed by atoms with E-state index in [0.717, 1.165) is 45.5 Å². The van der Waals surface area contributed by atoms with E-state index in [1.165, 1.54) is 0 Å². The van der Waals surface area contributed by atoms with Crippen LogP contribution in [0.4, 0.5) is 0 Å². The summed E-state index contributed by atoms with van der Waals surface area (Å²) in [5.74, 6) is -0.965. The second-order valence-corrected chi connectivity index (χ2v) is 11.2. The number of aliphatic hydroxyl groups excluding tert-OH is 1. The van der Waals surface area contributed by atoms with Gasteiger partial charge in [-0.2, -0.15) is 5.70 Å². The van der Waals surface area contributed by atoms with Crippen LogP contribution in [0.1, 0.15) is 82.8 Å². The summed E-state index contributed by atoms with van der Waals surface area (Å²) in [6.07, 6.45) is 9.93. The summed E-state index contributed by atoms with van der Waals surface area (Å²) in [6, 6.07) is -0.346. The van der Waals surface area contributed by atoms with E-state index < -0.39 is 5.97 Å². The van der Waals surface area contributed by atoms with Crippen LogP contribution in [0.15, 0.2) is 12.3 Å². The van der Waals surface area contributed by atoms with Crippen LogP contribution >= 0.6 is 0 Å². The molecular formula is C33H32MgN4O4-2. The van der Waals surface area contributed by atoms with Crippen molar-refractivity contribution in [3.8, 4) is 0 Å². The number of aromatic nitrogens is 3. The van der Waals surface area contributed by atoms with Gasteiger partial charge >= 0.3 is 29.0 Å². The number of hydrogen-bond acceptors (Lipinski definition) is 3. The molecule has 212 valence electrons. The zero-order chi connectivity index (χ0) is 29.2. The van der Waals surface area contributed by atoms with Gasteiger partial charge in [-0.15, -0.1) is 33.1 Å². The summed E-state index contributed by atoms with van der Waals surface area (Å²) in [4.78, 5) is 39.7. The van der Waals surface area contributed by atoms with E-state index in [2.05, 4.69) is 13.5 Å². The molecule has 3 aromatic heterocycles. The summed E-state index contributed by atoms with van der Waals surface area (Å²) in [6.45, 7) is 12.0. The number of carboxylic acid groups (broad SMARTS) is 1. The van der Waals surface area contributed by atoms with Crippen molar-refractivity contribution in [1.82, 2.24) is 15.0 Å². The van der Waals surface area contributed by atoms with Crippen LogP contribution in [0.5, 0.6) is 0 Å². The number of fused-ring (bicyclic) bond motifs is 8. The van der Waals surface area contributed by atoms with E-state index >= 15 is 0 Å². The van der Waals surface area contributed by atoms with E-state index in [1.54, 1.807) is 6.08 Å². The van der Waals surface area contributed by atoms with Crippen molar-refractivity contribution < 1.29 is 19.8 Å². The van der Waals surface area contributed by atoms with Crippen LogP contribution in [0.3, 0.4) is 0 Å². The Bertz CT molecular complexity index is 1920. The van der Waals surface area contributed by atoms with Gasteiger partial charge in [0.25, 0.3) is 0 Å². The maximum Gasteiger partial charge on any atom is 2.00 e. The summed E-state index contributed by atoms with van der Waals surface area (Å²) in [7, 11) is 0. The number of Topliss-reactive ketones (excluding diaryl/α,β-unsaturated/α-hetero) is 1. The third kappa shape index (κ3) is 4.59. The molecule has 8 bridgehead atoms. The Morgan fingerprint density at radius 2 is 1.81 bits per heavy atom. The number of carboxylic acids is 1. The summed E-state index contributed by atoms with van der Waals surface area (Å²) in [5, 5.41) is 27.4. The average Bonchev–Trinajstić information content (AvgIpc) is 3.69. The summed E-state index contributed by atoms with van der Waals surface area (Å²) < 4.78 is 0. The van der Waals surface area contributed by atoms with Gasteiger partial charge in [0.1, 0.15) is 0 Å². The first-order valence-corrected chi connectivity index (χ1v) is 14.0. The fraction of sp³-hybridized carbons (Fsp3) is 0.333. The first-order valence-electron chi connectivity index (χ1n) is 14.0. The molecule has 2 N–H and O–H groups in total. The molecule has 3 atom stereocenters. The van der Waals surface area contributed by atoms with Gasteiger partial charge in [-0.25, -0.2) is 0 Å². The van der Waals surface area contributed by atoms with Gasteiger partial charge in [-0.3, -0.25) is 9.59 Å². The van der Waals surface area contributed by atoms with Crippen molar-refractivity contribution in [3.63, 3.8) is 0 Å². The minimum Gasteiger partial charge on any atom is -0.681 e. The number of nitrogens with zero attached hydrogens (tertiary/aromatic N) is 4. The topological polar surface area (TPSA) is 131 Å². The van der Waals surface area contributed by atoms with Crippen LogP contribution in [0, 0.1) is 25.7 Å². The second-order valence-electron chi connectivity index (χ2n) is 11.2. The van der Waals surface area contributed by atoms with Crippen LogP contribution < -0.4 is 36.2 Å². The molecule has 6 rings (SSSR count). The molecule has 0 spiro atoms. The van der Waals surface area contributed by atoms with Gasteiger partial charge < -0.3 is 30.5 Å². The first kappa shape index (κ1) is 29.8. The minimum absolute atomic E-state index is 0. The number of allylic oxidation sites excluding steroid dienone is 1. The van der Waals surface area contributed by atoms with E-state index in [4.69, 9.17) is 20.3 Å². The molecule has 0 amide bonds. The number of carbonyl (C=O) groups excluding carboxylic acids is 1. The number of aliphatic hydroxyl groups is 1. The molecule has 3 aliphatic rings. The third-order valence-corrected chi connectivity index (χ3v) is 8.99. The molecule has 1 fully saturated rings. The van der Waals surface area contributed by atoms with Crippen molar-refractivity contribution in [2.75, 3.05) is 0 Å². The molecule has 8 nitrogen and oxygen atoms in total. The van der Waals surface area contributed by atoms with Gasteiger partial charge in [-0.1, -0.05) is 73.0 Å². The second kappa shape index (κ2) is 11.2. The van der Waals surface area contributed by atoms with Crippen LogP contribution in [0.25, 0.3) is 41.5 Å². The normalized spacial score (nSPS) is 23.8. The Kier molecular flexibility index (Phi) is 7.93. The smallest absolute Gasteiger partial charge is 0.681 e. The predicted molar refractivity (Wildman–Crippen MR) is 164 cm³/mol. The van der Waals surface area contributed by atoms with E-state index in [0.29, 0.717) is 51.1 Å². The SMILES string of the molecule is C=Cc1c2[n-]c(c1C)/C=C1/[N-]C(C3=c4[n-]/c(c(C)c4C(=O)C3)=C\c3[n-]c(/c(=C\O)c3CC)=C\2)[C@@H](CCC(=O)O)[C@@H]1C.[Mg+2]. The molecule has 0 aromatic carbocycles. The number of hydrogen-bond donors (Lipinski definition) is 2. The molecule has 9 heteroatoms. The van der Waals surface area contributed by atoms with Gasteiger partial charge in [0.2, 0.25) is 0 Å². The average molecular weight is 573 g/mol. The monoisotopic (exact) mass is 572 g/mol. The molecular weight excluding hydrogens is 541 g/mol. The van der Waals surface area contributed by atoms with E-state index in [9.17, 15) is 19.8 Å². The number of carbonyl (C=O) groups is 2. The fourth-order valence-electron chi connectivity index (χ4n) is 6.75.